The van der Waals surface area contributed by atoms with Gasteiger partial charge in [-0.15, -0.1) is 11.6 Å². The molecule has 0 aromatic heterocycles. The maximum Gasteiger partial charge on any atom is 0.141 e. The third-order valence-corrected chi connectivity index (χ3v) is 5.27. The number of aliphatic hydroxyl groups is 1. The van der Waals surface area contributed by atoms with Gasteiger partial charge in [-0.3, -0.25) is 4.99 Å². The van der Waals surface area contributed by atoms with E-state index in [4.69, 9.17) is 17.3 Å². The quantitative estimate of drug-likeness (QED) is 0.624. The molecular formula is C13H22ClN3O. The van der Waals surface area contributed by atoms with Crippen molar-refractivity contribution in [2.75, 3.05) is 6.54 Å². The molecular weight excluding hydrogens is 250 g/mol. The molecule has 1 saturated carbocycles. The summed E-state index contributed by atoms with van der Waals surface area (Å²) in [5, 5.41) is 14.7. The first-order valence-electron chi connectivity index (χ1n) is 7.06. The van der Waals surface area contributed by atoms with Gasteiger partial charge >= 0.3 is 0 Å². The highest BCUT2D eigenvalue weighted by atomic mass is 35.5. The Morgan fingerprint density at radius 2 is 2.17 bits per heavy atom. The van der Waals surface area contributed by atoms with Gasteiger partial charge in [0.1, 0.15) is 11.4 Å². The number of alkyl halides is 1. The first-order chi connectivity index (χ1) is 8.62. The number of amidine groups is 1. The fourth-order valence-corrected chi connectivity index (χ4v) is 4.19. The maximum absolute atomic E-state index is 11.1. The van der Waals surface area contributed by atoms with E-state index >= 15 is 0 Å². The predicted octanol–water partition coefficient (Wildman–Crippen LogP) is 1.01. The molecule has 2 aliphatic heterocycles. The van der Waals surface area contributed by atoms with Gasteiger partial charge in [0.2, 0.25) is 0 Å². The van der Waals surface area contributed by atoms with Gasteiger partial charge in [0.05, 0.1) is 6.04 Å². The van der Waals surface area contributed by atoms with Crippen LogP contribution in [0, 0.1) is 5.92 Å². The number of halogens is 1. The van der Waals surface area contributed by atoms with Crippen molar-refractivity contribution in [1.82, 2.24) is 5.32 Å². The van der Waals surface area contributed by atoms with Crippen molar-refractivity contribution in [3.8, 4) is 0 Å². The molecule has 5 heteroatoms. The minimum absolute atomic E-state index is 0.0481. The number of nitrogens with one attached hydrogen (secondary N) is 1. The molecule has 2 heterocycles. The van der Waals surface area contributed by atoms with E-state index in [0.29, 0.717) is 5.84 Å². The van der Waals surface area contributed by atoms with Crippen molar-refractivity contribution < 1.29 is 5.11 Å². The first kappa shape index (κ1) is 12.7. The van der Waals surface area contributed by atoms with E-state index in [0.717, 1.165) is 38.6 Å². The Bertz CT molecular complexity index is 356. The molecule has 0 bridgehead atoms. The van der Waals surface area contributed by atoms with Crippen LogP contribution in [0.4, 0.5) is 0 Å². The van der Waals surface area contributed by atoms with Gasteiger partial charge in [0.15, 0.2) is 0 Å². The Hall–Kier alpha value is -0.320. The van der Waals surface area contributed by atoms with Crippen LogP contribution in [0.1, 0.15) is 38.5 Å². The minimum atomic E-state index is -0.974. The minimum Gasteiger partial charge on any atom is -0.385 e. The summed E-state index contributed by atoms with van der Waals surface area (Å²) in [5.41, 5.74) is 5.09. The molecule has 0 spiro atoms. The summed E-state index contributed by atoms with van der Waals surface area (Å²) in [6, 6.07) is 0.223. The second-order valence-electron chi connectivity index (χ2n) is 5.93. The van der Waals surface area contributed by atoms with Crippen molar-refractivity contribution >= 4 is 17.4 Å². The van der Waals surface area contributed by atoms with E-state index in [9.17, 15) is 5.11 Å². The Balaban J connectivity index is 1.86. The number of aliphatic imine (C=N–C) groups is 1. The zero-order valence-corrected chi connectivity index (χ0v) is 11.4. The van der Waals surface area contributed by atoms with Gasteiger partial charge in [0.25, 0.3) is 0 Å². The lowest BCUT2D eigenvalue weighted by Crippen LogP contribution is -2.63. The fraction of sp³-hybridized carbons (Fsp3) is 0.923. The lowest BCUT2D eigenvalue weighted by atomic mass is 9.71. The second-order valence-corrected chi connectivity index (χ2v) is 6.54. The number of piperidine rings is 1. The van der Waals surface area contributed by atoms with Crippen LogP contribution in [-0.4, -0.2) is 40.5 Å². The highest BCUT2D eigenvalue weighted by Crippen LogP contribution is 2.44. The molecule has 102 valence electrons. The maximum atomic E-state index is 11.1. The van der Waals surface area contributed by atoms with Crippen LogP contribution < -0.4 is 11.1 Å². The van der Waals surface area contributed by atoms with E-state index < -0.39 is 5.60 Å². The van der Waals surface area contributed by atoms with E-state index in [-0.39, 0.29) is 23.4 Å². The molecule has 1 saturated heterocycles. The van der Waals surface area contributed by atoms with E-state index in [2.05, 4.69) is 10.3 Å². The van der Waals surface area contributed by atoms with Crippen LogP contribution in [0.5, 0.6) is 0 Å². The van der Waals surface area contributed by atoms with Crippen LogP contribution in [-0.2, 0) is 0 Å². The highest BCUT2D eigenvalue weighted by Gasteiger charge is 2.55. The molecule has 3 aliphatic rings. The number of nitrogens with two attached hydrogens (primary N) is 1. The monoisotopic (exact) mass is 271 g/mol. The Morgan fingerprint density at radius 1 is 1.33 bits per heavy atom. The average molecular weight is 272 g/mol. The van der Waals surface area contributed by atoms with Crippen molar-refractivity contribution in [3.63, 3.8) is 0 Å². The number of hydrogen-bond acceptors (Lipinski definition) is 4. The van der Waals surface area contributed by atoms with Gasteiger partial charge in [-0.2, -0.15) is 0 Å². The molecule has 4 nitrogen and oxygen atoms in total. The Morgan fingerprint density at radius 3 is 2.89 bits per heavy atom. The number of rotatable bonds is 1. The summed E-state index contributed by atoms with van der Waals surface area (Å²) in [6.45, 7) is 0.960. The average Bonchev–Trinajstić information content (AvgIpc) is 2.64. The van der Waals surface area contributed by atoms with Crippen molar-refractivity contribution in [1.29, 1.82) is 0 Å². The lowest BCUT2D eigenvalue weighted by Gasteiger charge is -2.43. The lowest BCUT2D eigenvalue weighted by molar-refractivity contribution is -0.00611. The molecule has 2 fully saturated rings. The van der Waals surface area contributed by atoms with Crippen LogP contribution in [0.2, 0.25) is 0 Å². The molecule has 5 unspecified atom stereocenters. The molecule has 0 aromatic rings. The SMILES string of the molecule is NC1=NC2CCC(Cl)CC2C1(O)C1CCCCN1. The van der Waals surface area contributed by atoms with Crippen LogP contribution >= 0.6 is 11.6 Å². The van der Waals surface area contributed by atoms with Gasteiger partial charge < -0.3 is 16.2 Å². The number of hydrogen-bond donors (Lipinski definition) is 3. The normalized spacial score (nSPS) is 48.7. The van der Waals surface area contributed by atoms with Crippen molar-refractivity contribution in [3.05, 3.63) is 0 Å². The standard InChI is InChI=1S/C13H22ClN3O/c14-8-4-5-10-9(7-8)13(18,12(15)17-10)11-3-1-2-6-16-11/h8-11,16,18H,1-7H2,(H2,15,17). The molecule has 1 aliphatic carbocycles. The van der Waals surface area contributed by atoms with E-state index in [1.54, 1.807) is 0 Å². The van der Waals surface area contributed by atoms with Gasteiger partial charge in [-0.25, -0.2) is 0 Å². The summed E-state index contributed by atoms with van der Waals surface area (Å²) >= 11 is 6.27. The van der Waals surface area contributed by atoms with Gasteiger partial charge in [0, 0.05) is 17.3 Å². The number of fused-ring (bicyclic) bond motifs is 1. The van der Waals surface area contributed by atoms with Crippen LogP contribution in [0.15, 0.2) is 4.99 Å². The summed E-state index contributed by atoms with van der Waals surface area (Å²) in [4.78, 5) is 4.52. The van der Waals surface area contributed by atoms with Gasteiger partial charge in [-0.05, 0) is 38.6 Å². The number of nitrogens with zero attached hydrogens (tertiary/aromatic N) is 1. The summed E-state index contributed by atoms with van der Waals surface area (Å²) in [7, 11) is 0. The van der Waals surface area contributed by atoms with Crippen molar-refractivity contribution in [2.45, 2.75) is 61.6 Å². The molecule has 5 atom stereocenters. The topological polar surface area (TPSA) is 70.6 Å². The summed E-state index contributed by atoms with van der Waals surface area (Å²) in [6.07, 6.45) is 6.06. The predicted molar refractivity (Wildman–Crippen MR) is 73.0 cm³/mol. The van der Waals surface area contributed by atoms with Crippen LogP contribution in [0.3, 0.4) is 0 Å². The van der Waals surface area contributed by atoms with E-state index in [1.807, 2.05) is 0 Å². The smallest absolute Gasteiger partial charge is 0.141 e. The molecule has 18 heavy (non-hydrogen) atoms. The van der Waals surface area contributed by atoms with Crippen molar-refractivity contribution in [2.24, 2.45) is 16.6 Å². The zero-order chi connectivity index (χ0) is 12.8. The summed E-state index contributed by atoms with van der Waals surface area (Å²) in [5.74, 6) is 0.534. The zero-order valence-electron chi connectivity index (χ0n) is 10.6. The highest BCUT2D eigenvalue weighted by molar-refractivity contribution is 6.20. The molecule has 0 aromatic carbocycles. The fourth-order valence-electron chi connectivity index (χ4n) is 3.87. The van der Waals surface area contributed by atoms with Gasteiger partial charge in [-0.1, -0.05) is 6.42 Å². The molecule has 0 radical (unpaired) electrons. The Labute approximate surface area is 113 Å². The summed E-state index contributed by atoms with van der Waals surface area (Å²) < 4.78 is 0. The molecule has 0 amide bonds. The third-order valence-electron chi connectivity index (χ3n) is 4.87. The van der Waals surface area contributed by atoms with E-state index in [1.165, 1.54) is 6.42 Å². The third kappa shape index (κ3) is 1.86. The largest absolute Gasteiger partial charge is 0.385 e. The molecule has 4 N–H and O–H groups in total. The van der Waals surface area contributed by atoms with Crippen LogP contribution in [0.25, 0.3) is 0 Å². The molecule has 3 rings (SSSR count). The first-order valence-corrected chi connectivity index (χ1v) is 7.49. The Kier molecular flexibility index (Phi) is 3.28. The second kappa shape index (κ2) is 4.66.